The lowest BCUT2D eigenvalue weighted by atomic mass is 10.0. The Kier molecular flexibility index (Phi) is 7.87. The van der Waals surface area contributed by atoms with Crippen LogP contribution in [0.1, 0.15) is 23.2 Å². The van der Waals surface area contributed by atoms with Crippen LogP contribution in [-0.2, 0) is 27.3 Å². The molecule has 182 valence electrons. The van der Waals surface area contributed by atoms with E-state index in [0.717, 1.165) is 21.9 Å². The van der Waals surface area contributed by atoms with Gasteiger partial charge in [-0.1, -0.05) is 72.8 Å². The highest BCUT2D eigenvalue weighted by atomic mass is 16.4. The van der Waals surface area contributed by atoms with Crippen molar-refractivity contribution < 1.29 is 19.5 Å². The summed E-state index contributed by atoms with van der Waals surface area (Å²) in [5, 5.41) is 17.2. The predicted octanol–water partition coefficient (Wildman–Crippen LogP) is 3.46. The highest BCUT2D eigenvalue weighted by Crippen LogP contribution is 2.18. The molecule has 1 aromatic heterocycles. The van der Waals surface area contributed by atoms with E-state index in [1.165, 1.54) is 12.5 Å². The third-order valence-electron chi connectivity index (χ3n) is 5.72. The molecule has 3 aromatic carbocycles. The van der Waals surface area contributed by atoms with Crippen LogP contribution in [-0.4, -0.2) is 38.9 Å². The number of carboxylic acids is 1. The molecule has 2 amide bonds. The molecule has 4 N–H and O–H groups in total. The van der Waals surface area contributed by atoms with E-state index in [1.807, 2.05) is 60.7 Å². The van der Waals surface area contributed by atoms with Gasteiger partial charge in [0.25, 0.3) is 0 Å². The minimum Gasteiger partial charge on any atom is -0.480 e. The number of hydrogen-bond donors (Lipinski definition) is 4. The number of nitrogens with one attached hydrogen (secondary N) is 3. The van der Waals surface area contributed by atoms with Gasteiger partial charge in [0.2, 0.25) is 11.8 Å². The van der Waals surface area contributed by atoms with Crippen LogP contribution in [0.2, 0.25) is 0 Å². The van der Waals surface area contributed by atoms with E-state index in [2.05, 4.69) is 20.6 Å². The molecule has 0 bridgehead atoms. The molecule has 8 nitrogen and oxygen atoms in total. The Bertz CT molecular complexity index is 1380. The molecule has 36 heavy (non-hydrogen) atoms. The van der Waals surface area contributed by atoms with Crippen LogP contribution < -0.4 is 10.6 Å². The molecule has 0 fully saturated rings. The maximum absolute atomic E-state index is 13.1. The van der Waals surface area contributed by atoms with Crippen molar-refractivity contribution in [3.8, 4) is 0 Å². The van der Waals surface area contributed by atoms with Crippen molar-refractivity contribution in [2.75, 3.05) is 0 Å². The lowest BCUT2D eigenvalue weighted by molar-refractivity contribution is -0.141. The fourth-order valence-corrected chi connectivity index (χ4v) is 3.89. The van der Waals surface area contributed by atoms with Gasteiger partial charge in [-0.25, -0.2) is 9.78 Å². The Balaban J connectivity index is 1.49. The van der Waals surface area contributed by atoms with Gasteiger partial charge in [-0.2, -0.15) is 0 Å². The largest absolute Gasteiger partial charge is 0.480 e. The Morgan fingerprint density at radius 2 is 1.72 bits per heavy atom. The number of aliphatic carboxylic acids is 1. The lowest BCUT2D eigenvalue weighted by Crippen LogP contribution is -2.43. The number of aromatic amines is 1. The molecular weight excluding hydrogens is 456 g/mol. The van der Waals surface area contributed by atoms with Crippen molar-refractivity contribution in [2.24, 2.45) is 0 Å². The molecule has 1 atom stereocenters. The van der Waals surface area contributed by atoms with Crippen LogP contribution in [0.25, 0.3) is 16.8 Å². The number of rotatable bonds is 10. The first-order valence-corrected chi connectivity index (χ1v) is 11.5. The van der Waals surface area contributed by atoms with Gasteiger partial charge in [-0.05, 0) is 28.0 Å². The summed E-state index contributed by atoms with van der Waals surface area (Å²) in [4.78, 5) is 44.5. The van der Waals surface area contributed by atoms with Crippen molar-refractivity contribution >= 4 is 34.6 Å². The molecule has 0 aliphatic heterocycles. The lowest BCUT2D eigenvalue weighted by Gasteiger charge is -2.16. The van der Waals surface area contributed by atoms with Crippen LogP contribution >= 0.6 is 0 Å². The molecular formula is C28H26N4O4. The monoisotopic (exact) mass is 482 g/mol. The number of H-pyrrole nitrogens is 1. The van der Waals surface area contributed by atoms with Gasteiger partial charge in [0, 0.05) is 30.4 Å². The Labute approximate surface area is 208 Å². The molecule has 0 radical (unpaired) electrons. The fourth-order valence-electron chi connectivity index (χ4n) is 3.89. The molecule has 0 saturated carbocycles. The van der Waals surface area contributed by atoms with Gasteiger partial charge < -0.3 is 20.7 Å². The average molecular weight is 483 g/mol. The van der Waals surface area contributed by atoms with E-state index >= 15 is 0 Å². The Morgan fingerprint density at radius 1 is 0.972 bits per heavy atom. The third-order valence-corrected chi connectivity index (χ3v) is 5.72. The van der Waals surface area contributed by atoms with Gasteiger partial charge in [0.15, 0.2) is 0 Å². The number of aromatic nitrogens is 2. The van der Waals surface area contributed by atoms with Crippen molar-refractivity contribution in [3.05, 3.63) is 108 Å². The second kappa shape index (κ2) is 11.6. The minimum absolute atomic E-state index is 0.0347. The zero-order valence-electron chi connectivity index (χ0n) is 19.5. The number of amides is 2. The van der Waals surface area contributed by atoms with Crippen molar-refractivity contribution in [1.82, 2.24) is 20.6 Å². The first-order chi connectivity index (χ1) is 17.5. The number of fused-ring (bicyclic) bond motifs is 1. The van der Waals surface area contributed by atoms with Gasteiger partial charge in [0.05, 0.1) is 12.7 Å². The topological polar surface area (TPSA) is 124 Å². The van der Waals surface area contributed by atoms with Gasteiger partial charge in [-0.3, -0.25) is 9.59 Å². The molecule has 8 heteroatoms. The quantitative estimate of drug-likeness (QED) is 0.258. The summed E-state index contributed by atoms with van der Waals surface area (Å²) in [5.41, 5.74) is 2.42. The number of hydrogen-bond acceptors (Lipinski definition) is 4. The number of imidazole rings is 1. The van der Waals surface area contributed by atoms with Gasteiger partial charge in [0.1, 0.15) is 6.04 Å². The first-order valence-electron chi connectivity index (χ1n) is 11.5. The molecule has 1 heterocycles. The number of nitrogens with zero attached hydrogens (tertiary/aromatic N) is 1. The van der Waals surface area contributed by atoms with Crippen molar-refractivity contribution in [2.45, 2.75) is 25.4 Å². The molecule has 4 rings (SSSR count). The number of benzene rings is 3. The van der Waals surface area contributed by atoms with E-state index < -0.39 is 17.9 Å². The Morgan fingerprint density at radius 3 is 2.47 bits per heavy atom. The molecule has 0 spiro atoms. The van der Waals surface area contributed by atoms with Gasteiger partial charge >= 0.3 is 5.97 Å². The van der Waals surface area contributed by atoms with Crippen molar-refractivity contribution in [1.29, 1.82) is 0 Å². The maximum atomic E-state index is 13.1. The number of carboxylic acid groups (broad SMARTS) is 1. The first kappa shape index (κ1) is 24.4. The Hall–Kier alpha value is -4.72. The smallest absolute Gasteiger partial charge is 0.326 e. The number of carbonyl (C=O) groups is 3. The fraction of sp³-hybridized carbons (Fsp3) is 0.143. The zero-order chi connectivity index (χ0) is 25.3. The second-order valence-corrected chi connectivity index (χ2v) is 8.32. The summed E-state index contributed by atoms with van der Waals surface area (Å²) in [6.45, 7) is 0.304. The van der Waals surface area contributed by atoms with E-state index in [9.17, 15) is 19.5 Å². The maximum Gasteiger partial charge on any atom is 0.326 e. The van der Waals surface area contributed by atoms with Crippen LogP contribution in [0.4, 0.5) is 0 Å². The summed E-state index contributed by atoms with van der Waals surface area (Å²) >= 11 is 0. The minimum atomic E-state index is -1.18. The predicted molar refractivity (Wildman–Crippen MR) is 137 cm³/mol. The zero-order valence-corrected chi connectivity index (χ0v) is 19.5. The van der Waals surface area contributed by atoms with Crippen LogP contribution in [0.5, 0.6) is 0 Å². The molecule has 0 saturated heterocycles. The van der Waals surface area contributed by atoms with E-state index in [0.29, 0.717) is 12.2 Å². The van der Waals surface area contributed by atoms with E-state index in [-0.39, 0.29) is 24.3 Å². The molecule has 0 aliphatic carbocycles. The SMILES string of the molecule is O=C(CC(=Cc1ccccc1)C(=O)N[C@@H](Cc1cnc[nH]1)C(=O)O)NCc1cccc2ccccc12. The molecule has 4 aromatic rings. The molecule has 0 unspecified atom stereocenters. The average Bonchev–Trinajstić information content (AvgIpc) is 3.40. The highest BCUT2D eigenvalue weighted by Gasteiger charge is 2.24. The third kappa shape index (κ3) is 6.44. The van der Waals surface area contributed by atoms with Crippen LogP contribution in [0.3, 0.4) is 0 Å². The summed E-state index contributed by atoms with van der Waals surface area (Å²) in [5.74, 6) is -2.15. The summed E-state index contributed by atoms with van der Waals surface area (Å²) in [6.07, 6.45) is 4.37. The summed E-state index contributed by atoms with van der Waals surface area (Å²) in [6, 6.07) is 21.7. The highest BCUT2D eigenvalue weighted by molar-refractivity contribution is 6.03. The normalized spacial score (nSPS) is 12.2. The second-order valence-electron chi connectivity index (χ2n) is 8.32. The van der Waals surface area contributed by atoms with Crippen molar-refractivity contribution in [3.63, 3.8) is 0 Å². The summed E-state index contributed by atoms with van der Waals surface area (Å²) < 4.78 is 0. The standard InChI is InChI=1S/C28H26N4O4/c33-26(30-16-21-11-6-10-20-9-4-5-12-24(20)21)14-22(13-19-7-2-1-3-8-19)27(34)32-25(28(35)36)15-23-17-29-18-31-23/h1-13,17-18,25H,14-16H2,(H,29,31)(H,30,33)(H,32,34)(H,35,36)/t25-/m0/s1. The van der Waals surface area contributed by atoms with Crippen LogP contribution in [0.15, 0.2) is 90.9 Å². The van der Waals surface area contributed by atoms with Crippen LogP contribution in [0, 0.1) is 0 Å². The van der Waals surface area contributed by atoms with Gasteiger partial charge in [-0.15, -0.1) is 0 Å². The van der Waals surface area contributed by atoms with E-state index in [4.69, 9.17) is 0 Å². The number of carbonyl (C=O) groups excluding carboxylic acids is 2. The summed E-state index contributed by atoms with van der Waals surface area (Å²) in [7, 11) is 0. The van der Waals surface area contributed by atoms with E-state index in [1.54, 1.807) is 18.2 Å². The molecule has 0 aliphatic rings.